The van der Waals surface area contributed by atoms with Crippen LogP contribution in [-0.2, 0) is 5.41 Å². The van der Waals surface area contributed by atoms with Gasteiger partial charge in [-0.2, -0.15) is 0 Å². The van der Waals surface area contributed by atoms with Crippen molar-refractivity contribution >= 4 is 5.69 Å². The molecule has 0 saturated carbocycles. The number of hydrogen-bond acceptors (Lipinski definition) is 5. The molecule has 116 valence electrons. The lowest BCUT2D eigenvalue weighted by atomic mass is 9.86. The van der Waals surface area contributed by atoms with Crippen molar-refractivity contribution in [3.05, 3.63) is 52.2 Å². The van der Waals surface area contributed by atoms with Gasteiger partial charge in [0.25, 0.3) is 5.69 Å². The first kappa shape index (κ1) is 15.8. The summed E-state index contributed by atoms with van der Waals surface area (Å²) in [6.07, 6.45) is 1.16. The molecule has 2 aromatic rings. The molecule has 0 amide bonds. The SMILES string of the molecule is COc1c(Oc2ccc([N+](=O)[O-])cn2)cccc1C(C)(C)C. The summed E-state index contributed by atoms with van der Waals surface area (Å²) in [4.78, 5) is 14.1. The zero-order valence-electron chi connectivity index (χ0n) is 13.0. The van der Waals surface area contributed by atoms with E-state index in [9.17, 15) is 10.1 Å². The highest BCUT2D eigenvalue weighted by Crippen LogP contribution is 2.39. The maximum absolute atomic E-state index is 10.6. The molecule has 22 heavy (non-hydrogen) atoms. The van der Waals surface area contributed by atoms with Gasteiger partial charge in [0.15, 0.2) is 11.5 Å². The molecule has 0 bridgehead atoms. The highest BCUT2D eigenvalue weighted by molar-refractivity contribution is 5.50. The Morgan fingerprint density at radius 1 is 1.18 bits per heavy atom. The molecular formula is C16H18N2O4. The van der Waals surface area contributed by atoms with Gasteiger partial charge in [0.05, 0.1) is 12.0 Å². The first-order chi connectivity index (χ1) is 10.3. The summed E-state index contributed by atoms with van der Waals surface area (Å²) in [7, 11) is 1.58. The first-order valence-electron chi connectivity index (χ1n) is 6.78. The van der Waals surface area contributed by atoms with E-state index in [1.165, 1.54) is 12.1 Å². The average Bonchev–Trinajstić information content (AvgIpc) is 2.46. The second-order valence-electron chi connectivity index (χ2n) is 5.80. The number of nitrogens with zero attached hydrogens (tertiary/aromatic N) is 2. The van der Waals surface area contributed by atoms with Crippen molar-refractivity contribution in [2.75, 3.05) is 7.11 Å². The largest absolute Gasteiger partial charge is 0.493 e. The van der Waals surface area contributed by atoms with Crippen LogP contribution < -0.4 is 9.47 Å². The van der Waals surface area contributed by atoms with Gasteiger partial charge in [-0.3, -0.25) is 10.1 Å². The standard InChI is InChI=1S/C16H18N2O4/c1-16(2,3)12-6-5-7-13(15(12)21-4)22-14-9-8-11(10-17-14)18(19)20/h5-10H,1-4H3. The third kappa shape index (κ3) is 3.33. The molecule has 0 fully saturated rings. The van der Waals surface area contributed by atoms with E-state index < -0.39 is 4.92 Å². The van der Waals surface area contributed by atoms with E-state index in [1.54, 1.807) is 13.2 Å². The summed E-state index contributed by atoms with van der Waals surface area (Å²) >= 11 is 0. The molecule has 1 heterocycles. The molecule has 0 spiro atoms. The van der Waals surface area contributed by atoms with Crippen LogP contribution in [0.3, 0.4) is 0 Å². The lowest BCUT2D eigenvalue weighted by Gasteiger charge is -2.23. The number of hydrogen-bond donors (Lipinski definition) is 0. The number of ether oxygens (including phenoxy) is 2. The number of benzene rings is 1. The molecule has 0 saturated heterocycles. The summed E-state index contributed by atoms with van der Waals surface area (Å²) in [5, 5.41) is 10.6. The van der Waals surface area contributed by atoms with Crippen molar-refractivity contribution in [2.24, 2.45) is 0 Å². The number of nitro groups is 1. The van der Waals surface area contributed by atoms with E-state index in [1.807, 2.05) is 12.1 Å². The fraction of sp³-hybridized carbons (Fsp3) is 0.312. The maximum Gasteiger partial charge on any atom is 0.287 e. The van der Waals surface area contributed by atoms with Crippen LogP contribution >= 0.6 is 0 Å². The van der Waals surface area contributed by atoms with Gasteiger partial charge in [-0.25, -0.2) is 4.98 Å². The van der Waals surface area contributed by atoms with Gasteiger partial charge in [0, 0.05) is 17.7 Å². The Morgan fingerprint density at radius 2 is 1.91 bits per heavy atom. The molecule has 0 aliphatic heterocycles. The fourth-order valence-electron chi connectivity index (χ4n) is 2.05. The molecule has 6 nitrogen and oxygen atoms in total. The van der Waals surface area contributed by atoms with Crippen LogP contribution in [0.1, 0.15) is 26.3 Å². The minimum absolute atomic E-state index is 0.0808. The van der Waals surface area contributed by atoms with Crippen LogP contribution in [-0.4, -0.2) is 17.0 Å². The van der Waals surface area contributed by atoms with Gasteiger partial charge in [-0.05, 0) is 11.5 Å². The molecule has 6 heteroatoms. The minimum Gasteiger partial charge on any atom is -0.493 e. The predicted molar refractivity (Wildman–Crippen MR) is 82.7 cm³/mol. The summed E-state index contributed by atoms with van der Waals surface area (Å²) in [5.74, 6) is 1.43. The van der Waals surface area contributed by atoms with Gasteiger partial charge in [-0.1, -0.05) is 32.9 Å². The third-order valence-electron chi connectivity index (χ3n) is 3.14. The Labute approximate surface area is 128 Å². The smallest absolute Gasteiger partial charge is 0.287 e. The molecule has 0 aliphatic carbocycles. The zero-order valence-corrected chi connectivity index (χ0v) is 13.0. The van der Waals surface area contributed by atoms with E-state index >= 15 is 0 Å². The lowest BCUT2D eigenvalue weighted by molar-refractivity contribution is -0.385. The molecule has 1 aromatic heterocycles. The first-order valence-corrected chi connectivity index (χ1v) is 6.78. The Morgan fingerprint density at radius 3 is 2.41 bits per heavy atom. The number of pyridine rings is 1. The molecule has 1 aromatic carbocycles. The number of methoxy groups -OCH3 is 1. The molecule has 0 aliphatic rings. The van der Waals surface area contributed by atoms with Gasteiger partial charge in [0.2, 0.25) is 5.88 Å². The molecule has 0 unspecified atom stereocenters. The van der Waals surface area contributed by atoms with Crippen LogP contribution in [0, 0.1) is 10.1 Å². The number of rotatable bonds is 4. The van der Waals surface area contributed by atoms with E-state index in [4.69, 9.17) is 9.47 Å². The zero-order chi connectivity index (χ0) is 16.3. The van der Waals surface area contributed by atoms with E-state index in [2.05, 4.69) is 25.8 Å². The van der Waals surface area contributed by atoms with Crippen molar-refractivity contribution in [1.82, 2.24) is 4.98 Å². The van der Waals surface area contributed by atoms with E-state index in [0.29, 0.717) is 11.5 Å². The quantitative estimate of drug-likeness (QED) is 0.628. The molecule has 0 radical (unpaired) electrons. The summed E-state index contributed by atoms with van der Waals surface area (Å²) in [6, 6.07) is 8.44. The Kier molecular flexibility index (Phi) is 4.30. The Balaban J connectivity index is 2.35. The molecule has 2 rings (SSSR count). The number of aromatic nitrogens is 1. The summed E-state index contributed by atoms with van der Waals surface area (Å²) < 4.78 is 11.2. The highest BCUT2D eigenvalue weighted by atomic mass is 16.6. The third-order valence-corrected chi connectivity index (χ3v) is 3.14. The molecule has 0 atom stereocenters. The van der Waals surface area contributed by atoms with Crippen LogP contribution in [0.15, 0.2) is 36.5 Å². The van der Waals surface area contributed by atoms with Crippen molar-refractivity contribution < 1.29 is 14.4 Å². The van der Waals surface area contributed by atoms with Crippen molar-refractivity contribution in [1.29, 1.82) is 0 Å². The Hall–Kier alpha value is -2.63. The van der Waals surface area contributed by atoms with Crippen LogP contribution in [0.25, 0.3) is 0 Å². The monoisotopic (exact) mass is 302 g/mol. The molecular weight excluding hydrogens is 284 g/mol. The van der Waals surface area contributed by atoms with Gasteiger partial charge in [0.1, 0.15) is 6.20 Å². The van der Waals surface area contributed by atoms with Crippen molar-refractivity contribution in [3.8, 4) is 17.4 Å². The predicted octanol–water partition coefficient (Wildman–Crippen LogP) is 4.09. The van der Waals surface area contributed by atoms with Gasteiger partial charge >= 0.3 is 0 Å². The second-order valence-corrected chi connectivity index (χ2v) is 5.80. The topological polar surface area (TPSA) is 74.5 Å². The summed E-state index contributed by atoms with van der Waals surface area (Å²) in [5.41, 5.74) is 0.824. The lowest BCUT2D eigenvalue weighted by Crippen LogP contribution is -2.13. The molecule has 0 N–H and O–H groups in total. The maximum atomic E-state index is 10.6. The average molecular weight is 302 g/mol. The van der Waals surface area contributed by atoms with Gasteiger partial charge in [-0.15, -0.1) is 0 Å². The Bertz CT molecular complexity index is 676. The highest BCUT2D eigenvalue weighted by Gasteiger charge is 2.22. The number of para-hydroxylation sites is 1. The normalized spacial score (nSPS) is 11.1. The van der Waals surface area contributed by atoms with Crippen LogP contribution in [0.5, 0.6) is 17.4 Å². The minimum atomic E-state index is -0.502. The summed E-state index contributed by atoms with van der Waals surface area (Å²) in [6.45, 7) is 6.25. The van der Waals surface area contributed by atoms with Crippen LogP contribution in [0.2, 0.25) is 0 Å². The van der Waals surface area contributed by atoms with E-state index in [0.717, 1.165) is 11.8 Å². The fourth-order valence-corrected chi connectivity index (χ4v) is 2.05. The van der Waals surface area contributed by atoms with Gasteiger partial charge < -0.3 is 9.47 Å². The van der Waals surface area contributed by atoms with Crippen LogP contribution in [0.4, 0.5) is 5.69 Å². The van der Waals surface area contributed by atoms with Crippen molar-refractivity contribution in [3.63, 3.8) is 0 Å². The second kappa shape index (κ2) is 6.01. The van der Waals surface area contributed by atoms with E-state index in [-0.39, 0.29) is 17.0 Å². The van der Waals surface area contributed by atoms with Crippen molar-refractivity contribution in [2.45, 2.75) is 26.2 Å².